The maximum Gasteiger partial charge on any atom is 0.147 e. The third-order valence-corrected chi connectivity index (χ3v) is 16.2. The molecule has 1 atom stereocenters. The van der Waals surface area contributed by atoms with Gasteiger partial charge in [0.05, 0.1) is 72.9 Å². The molecule has 0 saturated carbocycles. The van der Waals surface area contributed by atoms with E-state index in [1.54, 1.807) is 150 Å². The van der Waals surface area contributed by atoms with Gasteiger partial charge in [0, 0.05) is 164 Å². The molecule has 0 aliphatic heterocycles. The summed E-state index contributed by atoms with van der Waals surface area (Å²) in [4.78, 5) is 35.4. The molecular formula is C69H72Br3Cl10N9O9. The topological polar surface area (TPSA) is 199 Å². The van der Waals surface area contributed by atoms with Crippen LogP contribution in [0.2, 0.25) is 51.0 Å². The van der Waals surface area contributed by atoms with Crippen molar-refractivity contribution in [1.82, 2.24) is 44.9 Å². The zero-order valence-corrected chi connectivity index (χ0v) is 67.8. The molecule has 0 amide bonds. The number of nitrogens with zero attached hydrogens (tertiary/aromatic N) is 9. The molecule has 0 aliphatic rings. The first-order valence-electron chi connectivity index (χ1n) is 28.8. The van der Waals surface area contributed by atoms with Crippen molar-refractivity contribution in [2.75, 3.05) is 64.0 Å². The molecular weight excluding hydrogens is 1690 g/mol. The van der Waals surface area contributed by atoms with Crippen molar-refractivity contribution in [3.63, 3.8) is 0 Å². The first-order chi connectivity index (χ1) is 48.1. The van der Waals surface area contributed by atoms with Gasteiger partial charge in [-0.2, -0.15) is 0 Å². The van der Waals surface area contributed by atoms with Crippen LogP contribution in [0.5, 0.6) is 0 Å². The molecule has 100 heavy (non-hydrogen) atoms. The summed E-state index contributed by atoms with van der Waals surface area (Å²) >= 11 is 66.8. The summed E-state index contributed by atoms with van der Waals surface area (Å²) < 4.78 is 47.4. The number of halogens is 13. The highest BCUT2D eigenvalue weighted by Crippen LogP contribution is 2.26. The Morgan fingerprint density at radius 2 is 0.940 bits per heavy atom. The van der Waals surface area contributed by atoms with Gasteiger partial charge in [0.2, 0.25) is 0 Å². The summed E-state index contributed by atoms with van der Waals surface area (Å²) in [6.07, 6.45) is 16.9. The lowest BCUT2D eigenvalue weighted by Crippen LogP contribution is -2.03. The quantitative estimate of drug-likeness (QED) is 0.0692. The summed E-state index contributed by atoms with van der Waals surface area (Å²) in [5, 5.41) is 4.58. The Bertz CT molecular complexity index is 3740. The molecule has 18 nitrogen and oxygen atoms in total. The molecule has 9 aromatic heterocycles. The maximum atomic E-state index is 5.80. The van der Waals surface area contributed by atoms with Gasteiger partial charge >= 0.3 is 0 Å². The van der Waals surface area contributed by atoms with E-state index in [2.05, 4.69) is 105 Å². The summed E-state index contributed by atoms with van der Waals surface area (Å²) in [6, 6.07) is 34.0. The summed E-state index contributed by atoms with van der Waals surface area (Å²) in [5.41, 5.74) is 9.62. The smallest absolute Gasteiger partial charge is 0.147 e. The molecule has 538 valence electrons. The third-order valence-electron chi connectivity index (χ3n) is 11.6. The molecule has 0 bridgehead atoms. The molecule has 0 aliphatic carbocycles. The van der Waals surface area contributed by atoms with E-state index in [4.69, 9.17) is 159 Å². The van der Waals surface area contributed by atoms with Crippen LogP contribution >= 0.6 is 164 Å². The number of aromatic nitrogens is 9. The highest BCUT2D eigenvalue weighted by Gasteiger charge is 2.12. The van der Waals surface area contributed by atoms with E-state index in [0.29, 0.717) is 104 Å². The van der Waals surface area contributed by atoms with Gasteiger partial charge in [0.1, 0.15) is 46.2 Å². The number of hydrogen-bond donors (Lipinski definition) is 0. The van der Waals surface area contributed by atoms with E-state index in [9.17, 15) is 0 Å². The standard InChI is InChI=1S/C13H13NO.3C7H8BrNO.5C7H7Cl2NO/c1-15-13(11-6-3-2-4-7-11)12-8-5-9-14-10-12;1-10-5-6-2-7(8)4-9-3-6;1-10-5-6-2-3-7(8)9-4-6;1-10-5-6-3-2-4-9-7(6)8;1-11-4-5-3-10-7(9)2-6(5)8;1-11-4-5-2-6(8)3-10-7(5)9;1-11-4-5-2-6(8)7(9)10-3-5;1-11-4-5-6(8)2-3-10-7(5)9;1-11-4-5-2-3-6(8)10-7(5)9/h2-10,13H,1H3;3*2-4H,5H2,1H3;5*2-3H,4H2,1H3. The Kier molecular flexibility index (Phi) is 51.3. The van der Waals surface area contributed by atoms with Gasteiger partial charge in [0.15, 0.2) is 0 Å². The van der Waals surface area contributed by atoms with E-state index in [0.717, 1.165) is 69.3 Å². The van der Waals surface area contributed by atoms with Crippen LogP contribution < -0.4 is 0 Å². The zero-order chi connectivity index (χ0) is 74.0. The van der Waals surface area contributed by atoms with Crippen molar-refractivity contribution >= 4 is 164 Å². The van der Waals surface area contributed by atoms with Crippen LogP contribution in [0.1, 0.15) is 61.7 Å². The molecule has 1 unspecified atom stereocenters. The minimum absolute atomic E-state index is 0.0279. The van der Waals surface area contributed by atoms with Crippen LogP contribution in [0.3, 0.4) is 0 Å². The minimum atomic E-state index is -0.0279. The minimum Gasteiger partial charge on any atom is -0.380 e. The van der Waals surface area contributed by atoms with Crippen molar-refractivity contribution in [2.45, 2.75) is 59.0 Å². The Morgan fingerprint density at radius 3 is 1.50 bits per heavy atom. The lowest BCUT2D eigenvalue weighted by Gasteiger charge is -2.15. The molecule has 31 heteroatoms. The molecule has 0 saturated heterocycles. The lowest BCUT2D eigenvalue weighted by molar-refractivity contribution is 0.136. The van der Waals surface area contributed by atoms with Gasteiger partial charge in [-0.05, 0) is 125 Å². The van der Waals surface area contributed by atoms with Crippen LogP contribution in [0, 0.1) is 0 Å². The van der Waals surface area contributed by atoms with Gasteiger partial charge in [0.25, 0.3) is 0 Å². The lowest BCUT2D eigenvalue weighted by atomic mass is 10.0. The monoisotopic (exact) mass is 1760 g/mol. The maximum absolute atomic E-state index is 5.80. The summed E-state index contributed by atoms with van der Waals surface area (Å²) in [7, 11) is 14.7. The van der Waals surface area contributed by atoms with E-state index < -0.39 is 0 Å². The van der Waals surface area contributed by atoms with E-state index >= 15 is 0 Å². The fraction of sp³-hybridized carbons (Fsp3) is 0.261. The SMILES string of the molecule is COC(c1ccccc1)c1cccnc1.COCc1c(Cl)ccnc1Cl.COCc1cc(Cl)cnc1Cl.COCc1ccc(Br)nc1.COCc1ccc(Cl)nc1Cl.COCc1cccnc1Br.COCc1cnc(Cl)c(Cl)c1.COCc1cnc(Cl)cc1Cl.COCc1cncc(Br)c1. The first kappa shape index (κ1) is 91.6. The molecule has 9 heterocycles. The Morgan fingerprint density at radius 1 is 0.350 bits per heavy atom. The van der Waals surface area contributed by atoms with E-state index in [-0.39, 0.29) is 6.10 Å². The molecule has 1 aromatic carbocycles. The van der Waals surface area contributed by atoms with Crippen molar-refractivity contribution in [2.24, 2.45) is 0 Å². The average Bonchev–Trinajstić information content (AvgIpc) is 0.872. The predicted octanol–water partition coefficient (Wildman–Crippen LogP) is 21.5. The first-order valence-corrected chi connectivity index (χ1v) is 35.0. The number of benzene rings is 1. The third kappa shape index (κ3) is 39.4. The fourth-order valence-corrected chi connectivity index (χ4v) is 10.1. The van der Waals surface area contributed by atoms with Crippen LogP contribution in [0.25, 0.3) is 0 Å². The second-order valence-corrected chi connectivity index (χ2v) is 25.5. The molecule has 0 N–H and O–H groups in total. The van der Waals surface area contributed by atoms with Gasteiger partial charge in [-0.25, -0.2) is 34.9 Å². The second kappa shape index (κ2) is 56.0. The van der Waals surface area contributed by atoms with Crippen molar-refractivity contribution in [3.8, 4) is 0 Å². The molecule has 0 fully saturated rings. The Labute approximate surface area is 659 Å². The zero-order valence-electron chi connectivity index (χ0n) is 55.5. The van der Waals surface area contributed by atoms with Crippen LogP contribution in [-0.2, 0) is 95.5 Å². The molecule has 10 aromatic rings. The van der Waals surface area contributed by atoms with E-state index in [1.807, 2.05) is 66.9 Å². The van der Waals surface area contributed by atoms with E-state index in [1.165, 1.54) is 6.20 Å². The number of rotatable bonds is 19. The van der Waals surface area contributed by atoms with Gasteiger partial charge in [-0.1, -0.05) is 171 Å². The summed E-state index contributed by atoms with van der Waals surface area (Å²) in [5.74, 6) is 0. The van der Waals surface area contributed by atoms with Gasteiger partial charge < -0.3 is 42.6 Å². The Balaban J connectivity index is 0.000000384. The number of ether oxygens (including phenoxy) is 9. The molecule has 0 radical (unpaired) electrons. The average molecular weight is 1770 g/mol. The van der Waals surface area contributed by atoms with Crippen LogP contribution in [-0.4, -0.2) is 109 Å². The number of hydrogen-bond acceptors (Lipinski definition) is 18. The second-order valence-electron chi connectivity index (χ2n) is 19.2. The number of methoxy groups -OCH3 is 9. The van der Waals surface area contributed by atoms with Gasteiger partial charge in [-0.3, -0.25) is 9.97 Å². The van der Waals surface area contributed by atoms with Crippen LogP contribution in [0.4, 0.5) is 0 Å². The predicted molar refractivity (Wildman–Crippen MR) is 412 cm³/mol. The normalized spacial score (nSPS) is 10.3. The number of pyridine rings is 9. The van der Waals surface area contributed by atoms with Crippen LogP contribution in [0.15, 0.2) is 185 Å². The van der Waals surface area contributed by atoms with Crippen molar-refractivity contribution in [3.05, 3.63) is 291 Å². The molecule has 10 rings (SSSR count). The highest BCUT2D eigenvalue weighted by atomic mass is 79.9. The Hall–Kier alpha value is -4.45. The van der Waals surface area contributed by atoms with Crippen molar-refractivity contribution in [1.29, 1.82) is 0 Å². The molecule has 0 spiro atoms. The largest absolute Gasteiger partial charge is 0.380 e. The van der Waals surface area contributed by atoms with Gasteiger partial charge in [-0.15, -0.1) is 0 Å². The summed E-state index contributed by atoms with van der Waals surface area (Å²) in [6.45, 7) is 4.11. The fourth-order valence-electron chi connectivity index (χ4n) is 7.21. The highest BCUT2D eigenvalue weighted by molar-refractivity contribution is 9.11. The van der Waals surface area contributed by atoms with Crippen molar-refractivity contribution < 1.29 is 42.6 Å².